The van der Waals surface area contributed by atoms with Crippen molar-refractivity contribution in [1.82, 2.24) is 9.88 Å². The molecule has 164 valence electrons. The van der Waals surface area contributed by atoms with Crippen molar-refractivity contribution in [2.24, 2.45) is 0 Å². The standard InChI is InChI=1S/C27H28N2O3/c1-19-23-9-2-3-10-24(23)32-27(26(19)20-7-6-8-22(30)17-20)21-11-12-25(28-18-21)31-16-15-29-13-4-5-14-29/h2-3,6-12,17-18,27,30H,4-5,13-16H2,1H3. The first-order valence-corrected chi connectivity index (χ1v) is 11.3. The zero-order valence-corrected chi connectivity index (χ0v) is 18.3. The average Bonchev–Trinajstić information content (AvgIpc) is 3.33. The first-order chi connectivity index (χ1) is 15.7. The summed E-state index contributed by atoms with van der Waals surface area (Å²) < 4.78 is 12.3. The lowest BCUT2D eigenvalue weighted by Crippen LogP contribution is -2.25. The van der Waals surface area contributed by atoms with Gasteiger partial charge in [-0.2, -0.15) is 0 Å². The highest BCUT2D eigenvalue weighted by molar-refractivity contribution is 5.95. The predicted molar refractivity (Wildman–Crippen MR) is 126 cm³/mol. The summed E-state index contributed by atoms with van der Waals surface area (Å²) in [6.45, 7) is 6.03. The molecule has 1 aromatic heterocycles. The quantitative estimate of drug-likeness (QED) is 0.575. The number of aromatic nitrogens is 1. The average molecular weight is 429 g/mol. The molecule has 1 atom stereocenters. The number of rotatable bonds is 6. The zero-order chi connectivity index (χ0) is 21.9. The molecule has 2 aromatic carbocycles. The molecule has 2 aliphatic rings. The number of phenols is 1. The van der Waals surface area contributed by atoms with Gasteiger partial charge in [-0.3, -0.25) is 4.90 Å². The monoisotopic (exact) mass is 428 g/mol. The smallest absolute Gasteiger partial charge is 0.213 e. The largest absolute Gasteiger partial charge is 0.508 e. The third-order valence-corrected chi connectivity index (χ3v) is 6.28. The summed E-state index contributed by atoms with van der Waals surface area (Å²) in [5, 5.41) is 10.1. The van der Waals surface area contributed by atoms with Crippen LogP contribution in [0.4, 0.5) is 0 Å². The van der Waals surface area contributed by atoms with Gasteiger partial charge < -0.3 is 14.6 Å². The topological polar surface area (TPSA) is 54.8 Å². The van der Waals surface area contributed by atoms with Crippen LogP contribution in [0.2, 0.25) is 0 Å². The van der Waals surface area contributed by atoms with Gasteiger partial charge >= 0.3 is 0 Å². The van der Waals surface area contributed by atoms with E-state index in [4.69, 9.17) is 9.47 Å². The van der Waals surface area contributed by atoms with E-state index >= 15 is 0 Å². The van der Waals surface area contributed by atoms with Crippen molar-refractivity contribution in [2.75, 3.05) is 26.2 Å². The molecule has 0 radical (unpaired) electrons. The highest BCUT2D eigenvalue weighted by Crippen LogP contribution is 2.46. The van der Waals surface area contributed by atoms with E-state index in [9.17, 15) is 5.11 Å². The fraction of sp³-hybridized carbons (Fsp3) is 0.296. The number of aromatic hydroxyl groups is 1. The van der Waals surface area contributed by atoms with Crippen LogP contribution in [0.15, 0.2) is 66.9 Å². The van der Waals surface area contributed by atoms with Crippen LogP contribution in [0.3, 0.4) is 0 Å². The Hall–Kier alpha value is -3.31. The molecule has 5 rings (SSSR count). The summed E-state index contributed by atoms with van der Waals surface area (Å²) in [6.07, 6.45) is 4.08. The number of allylic oxidation sites excluding steroid dienone is 1. The van der Waals surface area contributed by atoms with E-state index in [1.54, 1.807) is 12.1 Å². The number of ether oxygens (including phenoxy) is 2. The molecule has 1 fully saturated rings. The number of nitrogens with zero attached hydrogens (tertiary/aromatic N) is 2. The van der Waals surface area contributed by atoms with Gasteiger partial charge in [-0.05, 0) is 68.3 Å². The molecular formula is C27H28N2O3. The molecule has 3 aromatic rings. The third kappa shape index (κ3) is 4.21. The number of phenolic OH excluding ortho intramolecular Hbond substituents is 1. The van der Waals surface area contributed by atoms with Crippen LogP contribution in [0, 0.1) is 0 Å². The molecule has 3 heterocycles. The van der Waals surface area contributed by atoms with E-state index in [0.717, 1.165) is 40.1 Å². The van der Waals surface area contributed by atoms with Gasteiger partial charge in [0.2, 0.25) is 5.88 Å². The van der Waals surface area contributed by atoms with Gasteiger partial charge in [0.25, 0.3) is 0 Å². The Labute approximate surface area is 188 Å². The number of para-hydroxylation sites is 1. The van der Waals surface area contributed by atoms with Gasteiger partial charge in [0.15, 0.2) is 6.10 Å². The van der Waals surface area contributed by atoms with Gasteiger partial charge in [-0.1, -0.05) is 30.3 Å². The lowest BCUT2D eigenvalue weighted by atomic mass is 9.86. The summed E-state index contributed by atoms with van der Waals surface area (Å²) in [6, 6.07) is 19.3. The molecule has 0 aliphatic carbocycles. The minimum Gasteiger partial charge on any atom is -0.508 e. The summed E-state index contributed by atoms with van der Waals surface area (Å²) in [7, 11) is 0. The number of fused-ring (bicyclic) bond motifs is 1. The Morgan fingerprint density at radius 2 is 1.91 bits per heavy atom. The summed E-state index contributed by atoms with van der Waals surface area (Å²) in [5.74, 6) is 1.72. The van der Waals surface area contributed by atoms with E-state index in [0.29, 0.717) is 12.5 Å². The number of likely N-dealkylation sites (tertiary alicyclic amines) is 1. The van der Waals surface area contributed by atoms with Crippen molar-refractivity contribution < 1.29 is 14.6 Å². The maximum atomic E-state index is 10.1. The van der Waals surface area contributed by atoms with Crippen molar-refractivity contribution in [3.05, 3.63) is 83.6 Å². The Bertz CT molecular complexity index is 1120. The molecule has 0 saturated carbocycles. The number of hydrogen-bond donors (Lipinski definition) is 1. The van der Waals surface area contributed by atoms with Crippen LogP contribution in [0.1, 0.15) is 42.6 Å². The molecule has 1 unspecified atom stereocenters. The van der Waals surface area contributed by atoms with E-state index in [-0.39, 0.29) is 11.9 Å². The van der Waals surface area contributed by atoms with Crippen LogP contribution < -0.4 is 9.47 Å². The van der Waals surface area contributed by atoms with Gasteiger partial charge in [-0.25, -0.2) is 4.98 Å². The molecule has 1 N–H and O–H groups in total. The van der Waals surface area contributed by atoms with Gasteiger partial charge in [0, 0.05) is 35.5 Å². The number of hydrogen-bond acceptors (Lipinski definition) is 5. The molecule has 0 spiro atoms. The molecular weight excluding hydrogens is 400 g/mol. The zero-order valence-electron chi connectivity index (χ0n) is 18.3. The molecule has 5 heteroatoms. The van der Waals surface area contributed by atoms with Crippen LogP contribution in [-0.2, 0) is 0 Å². The molecule has 2 aliphatic heterocycles. The second-order valence-electron chi connectivity index (χ2n) is 8.41. The van der Waals surface area contributed by atoms with Crippen LogP contribution in [0.5, 0.6) is 17.4 Å². The second kappa shape index (κ2) is 9.05. The molecule has 1 saturated heterocycles. The van der Waals surface area contributed by atoms with E-state index in [1.165, 1.54) is 25.9 Å². The number of benzene rings is 2. The minimum absolute atomic E-state index is 0.236. The van der Waals surface area contributed by atoms with Crippen molar-refractivity contribution in [3.63, 3.8) is 0 Å². The summed E-state index contributed by atoms with van der Waals surface area (Å²) >= 11 is 0. The normalized spacial score (nSPS) is 18.3. The molecule has 32 heavy (non-hydrogen) atoms. The first kappa shape index (κ1) is 20.6. The maximum absolute atomic E-state index is 10.1. The lowest BCUT2D eigenvalue weighted by Gasteiger charge is -2.31. The first-order valence-electron chi connectivity index (χ1n) is 11.3. The van der Waals surface area contributed by atoms with E-state index in [1.807, 2.05) is 48.7 Å². The van der Waals surface area contributed by atoms with Gasteiger partial charge in [0.05, 0.1) is 0 Å². The van der Waals surface area contributed by atoms with Crippen molar-refractivity contribution in [3.8, 4) is 17.4 Å². The highest BCUT2D eigenvalue weighted by Gasteiger charge is 2.29. The van der Waals surface area contributed by atoms with Gasteiger partial charge in [0.1, 0.15) is 18.1 Å². The molecule has 5 nitrogen and oxygen atoms in total. The second-order valence-corrected chi connectivity index (χ2v) is 8.41. The Morgan fingerprint density at radius 3 is 2.69 bits per heavy atom. The van der Waals surface area contributed by atoms with Crippen LogP contribution in [0.25, 0.3) is 11.1 Å². The number of pyridine rings is 1. The van der Waals surface area contributed by atoms with E-state index in [2.05, 4.69) is 22.9 Å². The fourth-order valence-corrected chi connectivity index (χ4v) is 4.60. The SMILES string of the molecule is CC1=C(c2cccc(O)c2)C(c2ccc(OCCN3CCCC3)nc2)Oc2ccccc21. The highest BCUT2D eigenvalue weighted by atomic mass is 16.5. The van der Waals surface area contributed by atoms with Gasteiger partial charge in [-0.15, -0.1) is 0 Å². The molecule has 0 bridgehead atoms. The van der Waals surface area contributed by atoms with Crippen molar-refractivity contribution in [2.45, 2.75) is 25.9 Å². The Balaban J connectivity index is 1.41. The van der Waals surface area contributed by atoms with Crippen molar-refractivity contribution in [1.29, 1.82) is 0 Å². The maximum Gasteiger partial charge on any atom is 0.213 e. The lowest BCUT2D eigenvalue weighted by molar-refractivity contribution is 0.231. The van der Waals surface area contributed by atoms with Crippen LogP contribution in [-0.4, -0.2) is 41.2 Å². The van der Waals surface area contributed by atoms with Crippen LogP contribution >= 0.6 is 0 Å². The van der Waals surface area contributed by atoms with Crippen molar-refractivity contribution >= 4 is 11.1 Å². The summed E-state index contributed by atoms with van der Waals surface area (Å²) in [5.41, 5.74) is 5.12. The van der Waals surface area contributed by atoms with E-state index < -0.39 is 0 Å². The minimum atomic E-state index is -0.321. The Kier molecular flexibility index (Phi) is 5.82. The fourth-order valence-electron chi connectivity index (χ4n) is 4.60. The Morgan fingerprint density at radius 1 is 1.06 bits per heavy atom. The third-order valence-electron chi connectivity index (χ3n) is 6.28. The predicted octanol–water partition coefficient (Wildman–Crippen LogP) is 5.33. The summed E-state index contributed by atoms with van der Waals surface area (Å²) in [4.78, 5) is 6.98. The molecule has 0 amide bonds.